The molecule has 3 rings (SSSR count). The van der Waals surface area contributed by atoms with E-state index >= 15 is 0 Å². The number of alkyl halides is 2. The minimum absolute atomic E-state index is 0.112. The Morgan fingerprint density at radius 3 is 2.33 bits per heavy atom. The number of aliphatic hydroxyl groups excluding tert-OH is 1. The molecule has 1 aromatic rings. The lowest BCUT2D eigenvalue weighted by atomic mass is 10.00. The van der Waals surface area contributed by atoms with Crippen LogP contribution in [0.2, 0.25) is 0 Å². The van der Waals surface area contributed by atoms with Crippen LogP contribution in [-0.4, -0.2) is 77.5 Å². The summed E-state index contributed by atoms with van der Waals surface area (Å²) in [6, 6.07) is 7.86. The van der Waals surface area contributed by atoms with Crippen molar-refractivity contribution in [1.82, 2.24) is 9.80 Å². The predicted molar refractivity (Wildman–Crippen MR) is 99.1 cm³/mol. The van der Waals surface area contributed by atoms with E-state index in [9.17, 15) is 13.9 Å². The Labute approximate surface area is 159 Å². The standard InChI is InChI=1S/C20H30F2N2O3/c21-20(22)7-10-23(11-8-20)15-19(26)6-9-24(16-19)14-17-2-4-18(5-3-17)27-13-1-12-25/h2-5,25-26H,1,6-16H2. The van der Waals surface area contributed by atoms with Crippen molar-refractivity contribution in [2.24, 2.45) is 0 Å². The van der Waals surface area contributed by atoms with Crippen molar-refractivity contribution in [2.75, 3.05) is 45.9 Å². The van der Waals surface area contributed by atoms with Gasteiger partial charge in [0, 0.05) is 65.1 Å². The third-order valence-electron chi connectivity index (χ3n) is 5.42. The van der Waals surface area contributed by atoms with Gasteiger partial charge in [0.25, 0.3) is 5.92 Å². The number of benzene rings is 1. The van der Waals surface area contributed by atoms with E-state index in [-0.39, 0.29) is 19.4 Å². The van der Waals surface area contributed by atoms with Gasteiger partial charge in [0.05, 0.1) is 12.2 Å². The van der Waals surface area contributed by atoms with Gasteiger partial charge >= 0.3 is 0 Å². The van der Waals surface area contributed by atoms with Crippen molar-refractivity contribution >= 4 is 0 Å². The van der Waals surface area contributed by atoms with Crippen molar-refractivity contribution in [3.8, 4) is 5.75 Å². The van der Waals surface area contributed by atoms with Crippen LogP contribution in [0.4, 0.5) is 8.78 Å². The van der Waals surface area contributed by atoms with Gasteiger partial charge in [-0.05, 0) is 24.1 Å². The number of piperidine rings is 1. The van der Waals surface area contributed by atoms with Crippen molar-refractivity contribution < 1.29 is 23.7 Å². The van der Waals surface area contributed by atoms with Crippen molar-refractivity contribution in [2.45, 2.75) is 43.8 Å². The minimum Gasteiger partial charge on any atom is -0.494 e. The number of hydrogen-bond donors (Lipinski definition) is 2. The lowest BCUT2D eigenvalue weighted by Gasteiger charge is -2.36. The average Bonchev–Trinajstić information content (AvgIpc) is 2.99. The lowest BCUT2D eigenvalue weighted by molar-refractivity contribution is -0.0724. The van der Waals surface area contributed by atoms with Crippen molar-refractivity contribution in [1.29, 1.82) is 0 Å². The molecule has 0 aromatic heterocycles. The van der Waals surface area contributed by atoms with Crippen LogP contribution >= 0.6 is 0 Å². The Morgan fingerprint density at radius 1 is 1.00 bits per heavy atom. The number of ether oxygens (including phenoxy) is 1. The molecule has 7 heteroatoms. The van der Waals surface area contributed by atoms with E-state index in [4.69, 9.17) is 9.84 Å². The first-order valence-electron chi connectivity index (χ1n) is 9.75. The second kappa shape index (κ2) is 8.82. The van der Waals surface area contributed by atoms with Gasteiger partial charge < -0.3 is 14.9 Å². The molecular weight excluding hydrogens is 354 g/mol. The molecule has 1 aromatic carbocycles. The number of hydrogen-bond acceptors (Lipinski definition) is 5. The van der Waals surface area contributed by atoms with Crippen LogP contribution in [0.3, 0.4) is 0 Å². The molecule has 2 aliphatic heterocycles. The Hall–Kier alpha value is -1.28. The Bertz CT molecular complexity index is 589. The van der Waals surface area contributed by atoms with E-state index in [2.05, 4.69) is 4.90 Å². The van der Waals surface area contributed by atoms with Crippen LogP contribution < -0.4 is 4.74 Å². The highest BCUT2D eigenvalue weighted by Gasteiger charge is 2.40. The number of rotatable bonds is 8. The summed E-state index contributed by atoms with van der Waals surface area (Å²) in [5.41, 5.74) is 0.325. The molecule has 1 atom stereocenters. The molecule has 0 spiro atoms. The van der Waals surface area contributed by atoms with Crippen LogP contribution in [0.25, 0.3) is 0 Å². The summed E-state index contributed by atoms with van der Waals surface area (Å²) in [5.74, 6) is -1.76. The number of likely N-dealkylation sites (tertiary alicyclic amines) is 2. The normalized spacial score (nSPS) is 26.4. The Balaban J connectivity index is 1.45. The minimum atomic E-state index is -2.55. The molecule has 5 nitrogen and oxygen atoms in total. The summed E-state index contributed by atoms with van der Waals surface area (Å²) in [4.78, 5) is 4.18. The molecule has 0 saturated carbocycles. The number of aliphatic hydroxyl groups is 2. The molecule has 0 bridgehead atoms. The summed E-state index contributed by atoms with van der Waals surface area (Å²) in [6.45, 7) is 3.91. The zero-order chi connectivity index (χ0) is 19.3. The van der Waals surface area contributed by atoms with Gasteiger partial charge in [0.15, 0.2) is 0 Å². The molecule has 0 amide bonds. The SMILES string of the molecule is OCCCOc1ccc(CN2CCC(O)(CN3CCC(F)(F)CC3)C2)cc1. The maximum absolute atomic E-state index is 13.3. The molecular formula is C20H30F2N2O3. The van der Waals surface area contributed by atoms with Crippen LogP contribution in [-0.2, 0) is 6.54 Å². The largest absolute Gasteiger partial charge is 0.494 e. The van der Waals surface area contributed by atoms with Crippen LogP contribution in [0.5, 0.6) is 5.75 Å². The van der Waals surface area contributed by atoms with Crippen molar-refractivity contribution in [3.05, 3.63) is 29.8 Å². The highest BCUT2D eigenvalue weighted by molar-refractivity contribution is 5.27. The lowest BCUT2D eigenvalue weighted by Crippen LogP contribution is -2.49. The van der Waals surface area contributed by atoms with Gasteiger partial charge in [0.1, 0.15) is 5.75 Å². The highest BCUT2D eigenvalue weighted by Crippen LogP contribution is 2.30. The first kappa shape index (κ1) is 20.5. The van der Waals surface area contributed by atoms with Crippen molar-refractivity contribution in [3.63, 3.8) is 0 Å². The summed E-state index contributed by atoms with van der Waals surface area (Å²) in [7, 11) is 0. The van der Waals surface area contributed by atoms with E-state index in [1.54, 1.807) is 0 Å². The first-order chi connectivity index (χ1) is 12.9. The second-order valence-electron chi connectivity index (χ2n) is 7.89. The molecule has 2 N–H and O–H groups in total. The van der Waals surface area contributed by atoms with E-state index < -0.39 is 11.5 Å². The molecule has 0 radical (unpaired) electrons. The molecule has 27 heavy (non-hydrogen) atoms. The fraction of sp³-hybridized carbons (Fsp3) is 0.700. The maximum atomic E-state index is 13.3. The topological polar surface area (TPSA) is 56.2 Å². The Kier molecular flexibility index (Phi) is 6.68. The summed E-state index contributed by atoms with van der Waals surface area (Å²) in [6.07, 6.45) is 1.06. The maximum Gasteiger partial charge on any atom is 0.250 e. The second-order valence-corrected chi connectivity index (χ2v) is 7.89. The third kappa shape index (κ3) is 6.10. The smallest absolute Gasteiger partial charge is 0.250 e. The zero-order valence-electron chi connectivity index (χ0n) is 15.7. The van der Waals surface area contributed by atoms with E-state index in [1.165, 1.54) is 0 Å². The predicted octanol–water partition coefficient (Wildman–Crippen LogP) is 2.12. The number of nitrogens with zero attached hydrogens (tertiary/aromatic N) is 2. The quantitative estimate of drug-likeness (QED) is 0.673. The fourth-order valence-electron chi connectivity index (χ4n) is 3.86. The first-order valence-corrected chi connectivity index (χ1v) is 9.75. The molecule has 2 heterocycles. The van der Waals surface area contributed by atoms with E-state index in [1.807, 2.05) is 29.2 Å². The van der Waals surface area contributed by atoms with Gasteiger partial charge in [-0.15, -0.1) is 0 Å². The van der Waals surface area contributed by atoms with Crippen LogP contribution in [0.1, 0.15) is 31.2 Å². The number of β-amino-alcohol motifs (C(OH)–C–C–N with tert-alkyl or cyclic N) is 1. The summed E-state index contributed by atoms with van der Waals surface area (Å²) >= 11 is 0. The monoisotopic (exact) mass is 384 g/mol. The van der Waals surface area contributed by atoms with Crippen LogP contribution in [0.15, 0.2) is 24.3 Å². The Morgan fingerprint density at radius 2 is 1.67 bits per heavy atom. The third-order valence-corrected chi connectivity index (χ3v) is 5.42. The average molecular weight is 384 g/mol. The van der Waals surface area contributed by atoms with Gasteiger partial charge in [-0.25, -0.2) is 8.78 Å². The summed E-state index contributed by atoms with van der Waals surface area (Å²) < 4.78 is 32.1. The number of halogens is 2. The van der Waals surface area contributed by atoms with Gasteiger partial charge in [-0.3, -0.25) is 9.80 Å². The van der Waals surface area contributed by atoms with E-state index in [0.29, 0.717) is 45.6 Å². The van der Waals surface area contributed by atoms with Gasteiger partial charge in [0.2, 0.25) is 0 Å². The molecule has 2 fully saturated rings. The summed E-state index contributed by atoms with van der Waals surface area (Å²) in [5, 5.41) is 19.6. The van der Waals surface area contributed by atoms with E-state index in [0.717, 1.165) is 24.4 Å². The van der Waals surface area contributed by atoms with Crippen LogP contribution in [0, 0.1) is 0 Å². The molecule has 2 aliphatic rings. The van der Waals surface area contributed by atoms with Gasteiger partial charge in [-0.1, -0.05) is 12.1 Å². The zero-order valence-corrected chi connectivity index (χ0v) is 15.7. The molecule has 0 aliphatic carbocycles. The fourth-order valence-corrected chi connectivity index (χ4v) is 3.86. The molecule has 2 saturated heterocycles. The molecule has 152 valence electrons. The highest BCUT2D eigenvalue weighted by atomic mass is 19.3. The van der Waals surface area contributed by atoms with Gasteiger partial charge in [-0.2, -0.15) is 0 Å². The molecule has 1 unspecified atom stereocenters.